The summed E-state index contributed by atoms with van der Waals surface area (Å²) in [5.74, 6) is 0.113. The van der Waals surface area contributed by atoms with Gasteiger partial charge in [-0.1, -0.05) is 18.2 Å². The van der Waals surface area contributed by atoms with Gasteiger partial charge in [-0.05, 0) is 18.1 Å². The molecular weight excluding hydrogens is 216 g/mol. The fraction of sp³-hybridized carbons (Fsp3) is 0.462. The van der Waals surface area contributed by atoms with Gasteiger partial charge >= 0.3 is 0 Å². The van der Waals surface area contributed by atoms with Gasteiger partial charge in [-0.25, -0.2) is 0 Å². The molecule has 1 unspecified atom stereocenters. The highest BCUT2D eigenvalue weighted by molar-refractivity contribution is 5.96. The number of hydrogen-bond acceptors (Lipinski definition) is 3. The molecule has 0 saturated carbocycles. The van der Waals surface area contributed by atoms with Gasteiger partial charge in [0.15, 0.2) is 0 Å². The molecule has 2 N–H and O–H groups in total. The van der Waals surface area contributed by atoms with Gasteiger partial charge in [0.2, 0.25) is 5.91 Å². The summed E-state index contributed by atoms with van der Waals surface area (Å²) in [5.41, 5.74) is 7.93. The Hall–Kier alpha value is -1.39. The Morgan fingerprint density at radius 2 is 2.24 bits per heavy atom. The van der Waals surface area contributed by atoms with Crippen LogP contribution in [0.15, 0.2) is 24.3 Å². The van der Waals surface area contributed by atoms with Crippen molar-refractivity contribution in [3.05, 3.63) is 29.8 Å². The molecule has 1 fully saturated rings. The molecule has 17 heavy (non-hydrogen) atoms. The molecule has 1 heterocycles. The largest absolute Gasteiger partial charge is 0.384 e. The third-order valence-corrected chi connectivity index (χ3v) is 3.01. The number of methoxy groups -OCH3 is 1. The van der Waals surface area contributed by atoms with Crippen molar-refractivity contribution in [3.63, 3.8) is 0 Å². The van der Waals surface area contributed by atoms with Crippen LogP contribution < -0.4 is 10.6 Å². The summed E-state index contributed by atoms with van der Waals surface area (Å²) in [7, 11) is 1.68. The van der Waals surface area contributed by atoms with Crippen molar-refractivity contribution in [1.82, 2.24) is 0 Å². The maximum Gasteiger partial charge on any atom is 0.228 e. The molecule has 1 atom stereocenters. The lowest BCUT2D eigenvalue weighted by Crippen LogP contribution is -2.28. The maximum absolute atomic E-state index is 11.8. The second-order valence-electron chi connectivity index (χ2n) is 4.34. The first-order chi connectivity index (χ1) is 8.22. The molecule has 0 aliphatic carbocycles. The highest BCUT2D eigenvalue weighted by Gasteiger charge is 2.29. The van der Waals surface area contributed by atoms with Crippen molar-refractivity contribution in [1.29, 1.82) is 0 Å². The fourth-order valence-electron chi connectivity index (χ4n) is 2.17. The molecule has 1 amide bonds. The SMILES string of the molecule is COCCc1ccccc1N1CC(N)CC1=O. The number of nitrogens with two attached hydrogens (primary N) is 1. The van der Waals surface area contributed by atoms with Gasteiger partial charge in [0, 0.05) is 31.8 Å². The normalized spacial score (nSPS) is 20.0. The number of carbonyl (C=O) groups is 1. The summed E-state index contributed by atoms with van der Waals surface area (Å²) in [6.07, 6.45) is 1.25. The lowest BCUT2D eigenvalue weighted by Gasteiger charge is -2.19. The number of rotatable bonds is 4. The number of nitrogens with zero attached hydrogens (tertiary/aromatic N) is 1. The minimum Gasteiger partial charge on any atom is -0.384 e. The Morgan fingerprint density at radius 1 is 1.47 bits per heavy atom. The lowest BCUT2D eigenvalue weighted by molar-refractivity contribution is -0.117. The number of para-hydroxylation sites is 1. The zero-order valence-corrected chi connectivity index (χ0v) is 10.1. The molecule has 1 saturated heterocycles. The smallest absolute Gasteiger partial charge is 0.228 e. The average molecular weight is 234 g/mol. The summed E-state index contributed by atoms with van der Waals surface area (Å²) in [6.45, 7) is 1.27. The second kappa shape index (κ2) is 5.29. The number of anilines is 1. The van der Waals surface area contributed by atoms with Gasteiger partial charge in [0.1, 0.15) is 0 Å². The zero-order valence-electron chi connectivity index (χ0n) is 10.1. The van der Waals surface area contributed by atoms with E-state index in [1.165, 1.54) is 0 Å². The van der Waals surface area contributed by atoms with E-state index in [9.17, 15) is 4.79 Å². The molecule has 0 aromatic heterocycles. The first-order valence-corrected chi connectivity index (χ1v) is 5.85. The Bertz CT molecular complexity index is 406. The lowest BCUT2D eigenvalue weighted by atomic mass is 10.1. The van der Waals surface area contributed by atoms with Crippen LogP contribution in [0.25, 0.3) is 0 Å². The van der Waals surface area contributed by atoms with E-state index >= 15 is 0 Å². The maximum atomic E-state index is 11.8. The summed E-state index contributed by atoms with van der Waals surface area (Å²) in [5, 5.41) is 0. The molecular formula is C13H18N2O2. The van der Waals surface area contributed by atoms with E-state index in [4.69, 9.17) is 10.5 Å². The number of carbonyl (C=O) groups excluding carboxylic acids is 1. The van der Waals surface area contributed by atoms with Crippen molar-refractivity contribution >= 4 is 11.6 Å². The van der Waals surface area contributed by atoms with E-state index in [0.29, 0.717) is 19.6 Å². The van der Waals surface area contributed by atoms with Crippen molar-refractivity contribution in [3.8, 4) is 0 Å². The molecule has 92 valence electrons. The molecule has 4 heteroatoms. The van der Waals surface area contributed by atoms with Gasteiger partial charge in [-0.15, -0.1) is 0 Å². The zero-order chi connectivity index (χ0) is 12.3. The minimum absolute atomic E-state index is 0.0435. The molecule has 1 aliphatic heterocycles. The summed E-state index contributed by atoms with van der Waals surface area (Å²) < 4.78 is 5.08. The van der Waals surface area contributed by atoms with Gasteiger partial charge in [-0.3, -0.25) is 4.79 Å². The van der Waals surface area contributed by atoms with Crippen molar-refractivity contribution in [2.24, 2.45) is 5.73 Å². The highest BCUT2D eigenvalue weighted by atomic mass is 16.5. The van der Waals surface area contributed by atoms with Crippen LogP contribution in [0.1, 0.15) is 12.0 Å². The average Bonchev–Trinajstić information content (AvgIpc) is 2.66. The number of ether oxygens (including phenoxy) is 1. The third-order valence-electron chi connectivity index (χ3n) is 3.01. The van der Waals surface area contributed by atoms with Crippen LogP contribution in [0.4, 0.5) is 5.69 Å². The molecule has 1 aromatic carbocycles. The standard InChI is InChI=1S/C13H18N2O2/c1-17-7-6-10-4-2-3-5-12(10)15-9-11(14)8-13(15)16/h2-5,11H,6-9,14H2,1H3. The first-order valence-electron chi connectivity index (χ1n) is 5.85. The number of hydrogen-bond donors (Lipinski definition) is 1. The quantitative estimate of drug-likeness (QED) is 0.843. The molecule has 1 aromatic rings. The topological polar surface area (TPSA) is 55.6 Å². The van der Waals surface area contributed by atoms with Crippen molar-refractivity contribution in [2.45, 2.75) is 18.9 Å². The van der Waals surface area contributed by atoms with Gasteiger partial charge in [-0.2, -0.15) is 0 Å². The fourth-order valence-corrected chi connectivity index (χ4v) is 2.17. The molecule has 1 aliphatic rings. The van der Waals surface area contributed by atoms with E-state index in [1.807, 2.05) is 24.3 Å². The monoisotopic (exact) mass is 234 g/mol. The van der Waals surface area contributed by atoms with Crippen LogP contribution in [0.5, 0.6) is 0 Å². The Balaban J connectivity index is 2.22. The second-order valence-corrected chi connectivity index (χ2v) is 4.34. The predicted molar refractivity (Wildman–Crippen MR) is 67.0 cm³/mol. The van der Waals surface area contributed by atoms with Crippen LogP contribution in [0.3, 0.4) is 0 Å². The summed E-state index contributed by atoms with van der Waals surface area (Å²) in [6, 6.07) is 7.89. The van der Waals surface area contributed by atoms with E-state index in [2.05, 4.69) is 0 Å². The van der Waals surface area contributed by atoms with E-state index in [-0.39, 0.29) is 11.9 Å². The third kappa shape index (κ3) is 2.65. The molecule has 0 spiro atoms. The number of amides is 1. The van der Waals surface area contributed by atoms with E-state index < -0.39 is 0 Å². The summed E-state index contributed by atoms with van der Waals surface area (Å²) >= 11 is 0. The number of benzene rings is 1. The molecule has 2 rings (SSSR count). The van der Waals surface area contributed by atoms with Crippen LogP contribution in [-0.2, 0) is 16.0 Å². The Labute approximate surface area is 101 Å². The highest BCUT2D eigenvalue weighted by Crippen LogP contribution is 2.25. The van der Waals surface area contributed by atoms with E-state index in [0.717, 1.165) is 17.7 Å². The first kappa shape index (κ1) is 12.1. The van der Waals surface area contributed by atoms with Crippen LogP contribution in [0.2, 0.25) is 0 Å². The van der Waals surface area contributed by atoms with Crippen molar-refractivity contribution in [2.75, 3.05) is 25.2 Å². The van der Waals surface area contributed by atoms with Gasteiger partial charge in [0.05, 0.1) is 6.61 Å². The minimum atomic E-state index is -0.0435. The molecule has 0 radical (unpaired) electrons. The Kier molecular flexibility index (Phi) is 3.76. The van der Waals surface area contributed by atoms with Gasteiger partial charge in [0.25, 0.3) is 0 Å². The Morgan fingerprint density at radius 3 is 2.88 bits per heavy atom. The van der Waals surface area contributed by atoms with Gasteiger partial charge < -0.3 is 15.4 Å². The molecule has 4 nitrogen and oxygen atoms in total. The van der Waals surface area contributed by atoms with Crippen LogP contribution in [-0.4, -0.2) is 32.2 Å². The van der Waals surface area contributed by atoms with Crippen LogP contribution >= 0.6 is 0 Å². The predicted octanol–water partition coefficient (Wildman–Crippen LogP) is 0.940. The molecule has 0 bridgehead atoms. The van der Waals surface area contributed by atoms with Crippen LogP contribution in [0, 0.1) is 0 Å². The van der Waals surface area contributed by atoms with Crippen molar-refractivity contribution < 1.29 is 9.53 Å². The van der Waals surface area contributed by atoms with E-state index in [1.54, 1.807) is 12.0 Å². The summed E-state index contributed by atoms with van der Waals surface area (Å²) in [4.78, 5) is 13.6.